The highest BCUT2D eigenvalue weighted by Gasteiger charge is 2.21. The summed E-state index contributed by atoms with van der Waals surface area (Å²) in [6.07, 6.45) is 7.45. The van der Waals surface area contributed by atoms with E-state index in [-0.39, 0.29) is 17.5 Å². The fourth-order valence-corrected chi connectivity index (χ4v) is 2.80. The zero-order valence-corrected chi connectivity index (χ0v) is 11.8. The minimum atomic E-state index is -0.461. The third-order valence-corrected chi connectivity index (χ3v) is 3.83. The molecule has 2 rings (SSSR count). The number of nitrogen functional groups attached to an aromatic ring is 1. The Balaban J connectivity index is 1.99. The molecule has 7 heteroatoms. The third-order valence-electron chi connectivity index (χ3n) is 3.83. The van der Waals surface area contributed by atoms with Gasteiger partial charge in [0.2, 0.25) is 11.8 Å². The first-order valence-electron chi connectivity index (χ1n) is 7.10. The average molecular weight is 279 g/mol. The van der Waals surface area contributed by atoms with Crippen LogP contribution in [0.2, 0.25) is 0 Å². The largest absolute Gasteiger partial charge is 0.368 e. The van der Waals surface area contributed by atoms with E-state index in [0.717, 1.165) is 12.3 Å². The molecule has 0 radical (unpaired) electrons. The van der Waals surface area contributed by atoms with Crippen LogP contribution in [0.1, 0.15) is 44.2 Å². The van der Waals surface area contributed by atoms with Gasteiger partial charge < -0.3 is 11.1 Å². The second kappa shape index (κ2) is 6.49. The molecule has 1 aliphatic rings. The van der Waals surface area contributed by atoms with Crippen molar-refractivity contribution in [2.24, 2.45) is 5.92 Å². The van der Waals surface area contributed by atoms with Gasteiger partial charge >= 0.3 is 5.69 Å². The van der Waals surface area contributed by atoms with Gasteiger partial charge in [-0.2, -0.15) is 4.98 Å². The maximum Gasteiger partial charge on any atom is 0.332 e. The first-order valence-corrected chi connectivity index (χ1v) is 7.10. The summed E-state index contributed by atoms with van der Waals surface area (Å²) in [5, 5.41) is 14.1. The molecule has 20 heavy (non-hydrogen) atoms. The summed E-state index contributed by atoms with van der Waals surface area (Å²) < 4.78 is 0. The number of nitro groups is 1. The number of nitrogens with zero attached hydrogens (tertiary/aromatic N) is 3. The summed E-state index contributed by atoms with van der Waals surface area (Å²) in [5.41, 5.74) is 5.77. The van der Waals surface area contributed by atoms with Gasteiger partial charge in [-0.3, -0.25) is 10.1 Å². The number of anilines is 2. The first kappa shape index (κ1) is 14.5. The summed E-state index contributed by atoms with van der Waals surface area (Å²) in [6, 6.07) is 0. The monoisotopic (exact) mass is 279 g/mol. The Kier molecular flexibility index (Phi) is 4.70. The molecule has 0 amide bonds. The maximum atomic E-state index is 11.1. The minimum Gasteiger partial charge on any atom is -0.368 e. The van der Waals surface area contributed by atoms with Crippen LogP contribution in [-0.2, 0) is 0 Å². The van der Waals surface area contributed by atoms with Gasteiger partial charge in [-0.1, -0.05) is 32.1 Å². The average Bonchev–Trinajstić information content (AvgIpc) is 2.38. The van der Waals surface area contributed by atoms with Crippen LogP contribution in [0.25, 0.3) is 0 Å². The van der Waals surface area contributed by atoms with Crippen molar-refractivity contribution < 1.29 is 4.92 Å². The molecular formula is C13H21N5O2. The van der Waals surface area contributed by atoms with E-state index in [0.29, 0.717) is 12.2 Å². The molecule has 110 valence electrons. The van der Waals surface area contributed by atoms with Gasteiger partial charge in [-0.15, -0.1) is 0 Å². The lowest BCUT2D eigenvalue weighted by molar-refractivity contribution is -0.385. The topological polar surface area (TPSA) is 107 Å². The van der Waals surface area contributed by atoms with Crippen molar-refractivity contribution in [3.63, 3.8) is 0 Å². The fourth-order valence-electron chi connectivity index (χ4n) is 2.80. The van der Waals surface area contributed by atoms with Gasteiger partial charge in [0, 0.05) is 6.54 Å². The lowest BCUT2D eigenvalue weighted by Gasteiger charge is -2.21. The number of nitrogens with one attached hydrogen (secondary N) is 1. The Labute approximate surface area is 118 Å². The first-order chi connectivity index (χ1) is 9.58. The molecular weight excluding hydrogens is 258 g/mol. The van der Waals surface area contributed by atoms with Gasteiger partial charge in [0.1, 0.15) is 5.69 Å². The molecule has 1 aromatic rings. The molecule has 0 saturated heterocycles. The molecule has 1 aromatic heterocycles. The second-order valence-corrected chi connectivity index (χ2v) is 5.34. The number of rotatable bonds is 5. The molecule has 3 N–H and O–H groups in total. The van der Waals surface area contributed by atoms with Gasteiger partial charge in [0.05, 0.1) is 4.92 Å². The van der Waals surface area contributed by atoms with Crippen molar-refractivity contribution in [3.05, 3.63) is 15.8 Å². The number of aryl methyl sites for hydroxylation is 1. The van der Waals surface area contributed by atoms with Crippen LogP contribution in [0, 0.1) is 23.0 Å². The van der Waals surface area contributed by atoms with E-state index in [9.17, 15) is 10.1 Å². The third kappa shape index (κ3) is 3.55. The van der Waals surface area contributed by atoms with Crippen LogP contribution in [0.3, 0.4) is 0 Å². The van der Waals surface area contributed by atoms with Crippen LogP contribution in [0.4, 0.5) is 17.5 Å². The second-order valence-electron chi connectivity index (χ2n) is 5.34. The van der Waals surface area contributed by atoms with Gasteiger partial charge in [0.15, 0.2) is 0 Å². The molecule has 0 bridgehead atoms. The van der Waals surface area contributed by atoms with Crippen molar-refractivity contribution in [3.8, 4) is 0 Å². The lowest BCUT2D eigenvalue weighted by atomic mass is 9.87. The summed E-state index contributed by atoms with van der Waals surface area (Å²) >= 11 is 0. The molecule has 0 aromatic carbocycles. The smallest absolute Gasteiger partial charge is 0.332 e. The maximum absolute atomic E-state index is 11.1. The number of hydrogen-bond donors (Lipinski definition) is 2. The highest BCUT2D eigenvalue weighted by molar-refractivity contribution is 5.60. The van der Waals surface area contributed by atoms with Crippen molar-refractivity contribution in [1.82, 2.24) is 9.97 Å². The normalized spacial score (nSPS) is 16.1. The Morgan fingerprint density at radius 1 is 1.35 bits per heavy atom. The van der Waals surface area contributed by atoms with E-state index in [1.54, 1.807) is 6.92 Å². The van der Waals surface area contributed by atoms with Gasteiger partial charge in [-0.05, 0) is 19.3 Å². The van der Waals surface area contributed by atoms with Crippen LogP contribution < -0.4 is 11.1 Å². The molecule has 0 aliphatic heterocycles. The summed E-state index contributed by atoms with van der Waals surface area (Å²) in [5.74, 6) is 1.01. The van der Waals surface area contributed by atoms with Crippen molar-refractivity contribution >= 4 is 17.5 Å². The molecule has 0 unspecified atom stereocenters. The predicted octanol–water partition coefficient (Wildman–Crippen LogP) is 2.66. The summed E-state index contributed by atoms with van der Waals surface area (Å²) in [4.78, 5) is 18.4. The van der Waals surface area contributed by atoms with E-state index in [4.69, 9.17) is 5.73 Å². The van der Waals surface area contributed by atoms with Crippen LogP contribution >= 0.6 is 0 Å². The van der Waals surface area contributed by atoms with Gasteiger partial charge in [-0.25, -0.2) is 4.98 Å². The van der Waals surface area contributed by atoms with E-state index in [2.05, 4.69) is 15.3 Å². The predicted molar refractivity (Wildman–Crippen MR) is 77.5 cm³/mol. The number of nitrogens with two attached hydrogens (primary N) is 1. The molecule has 0 atom stereocenters. The van der Waals surface area contributed by atoms with Crippen LogP contribution in [-0.4, -0.2) is 21.4 Å². The Hall–Kier alpha value is -1.92. The van der Waals surface area contributed by atoms with Crippen molar-refractivity contribution in [2.45, 2.75) is 45.4 Å². The number of aromatic nitrogens is 2. The summed E-state index contributed by atoms with van der Waals surface area (Å²) in [7, 11) is 0. The zero-order chi connectivity index (χ0) is 14.5. The number of hydrogen-bond acceptors (Lipinski definition) is 6. The van der Waals surface area contributed by atoms with Crippen molar-refractivity contribution in [1.29, 1.82) is 0 Å². The van der Waals surface area contributed by atoms with Crippen molar-refractivity contribution in [2.75, 3.05) is 17.6 Å². The fraction of sp³-hybridized carbons (Fsp3) is 0.692. The highest BCUT2D eigenvalue weighted by Crippen LogP contribution is 2.28. The van der Waals surface area contributed by atoms with E-state index >= 15 is 0 Å². The van der Waals surface area contributed by atoms with E-state index < -0.39 is 4.92 Å². The lowest BCUT2D eigenvalue weighted by Crippen LogP contribution is -2.14. The SMILES string of the molecule is Cc1nc(N)nc(NCCC2CCCCC2)c1[N+](=O)[O-]. The quantitative estimate of drug-likeness (QED) is 0.633. The van der Waals surface area contributed by atoms with Crippen LogP contribution in [0.15, 0.2) is 0 Å². The highest BCUT2D eigenvalue weighted by atomic mass is 16.6. The molecule has 1 heterocycles. The Morgan fingerprint density at radius 3 is 2.70 bits per heavy atom. The Morgan fingerprint density at radius 2 is 2.05 bits per heavy atom. The van der Waals surface area contributed by atoms with E-state index in [1.807, 2.05) is 0 Å². The van der Waals surface area contributed by atoms with Gasteiger partial charge in [0.25, 0.3) is 0 Å². The minimum absolute atomic E-state index is 0.0632. The van der Waals surface area contributed by atoms with E-state index in [1.165, 1.54) is 32.1 Å². The van der Waals surface area contributed by atoms with Crippen LogP contribution in [0.5, 0.6) is 0 Å². The molecule has 1 saturated carbocycles. The standard InChI is InChI=1S/C13H21N5O2/c1-9-11(18(19)20)12(17-13(14)16-9)15-8-7-10-5-3-2-4-6-10/h10H,2-8H2,1H3,(H3,14,15,16,17). The zero-order valence-electron chi connectivity index (χ0n) is 11.8. The molecule has 0 spiro atoms. The molecule has 1 aliphatic carbocycles. The Bertz CT molecular complexity index is 486. The molecule has 1 fully saturated rings. The summed E-state index contributed by atoms with van der Waals surface area (Å²) in [6.45, 7) is 2.25. The molecule has 7 nitrogen and oxygen atoms in total.